The van der Waals surface area contributed by atoms with Crippen LogP contribution in [-0.2, 0) is 0 Å². The zero-order chi connectivity index (χ0) is 22.9. The van der Waals surface area contributed by atoms with E-state index in [0.717, 1.165) is 42.4 Å². The Labute approximate surface area is 188 Å². The number of amides is 1. The number of hydrogen-bond acceptors (Lipinski definition) is 5. The van der Waals surface area contributed by atoms with E-state index in [9.17, 15) is 18.8 Å². The fourth-order valence-electron chi connectivity index (χ4n) is 4.31. The molecule has 1 atom stereocenters. The maximum Gasteiger partial charge on any atom is 0.254 e. The number of carbonyl (C=O) groups excluding carboxylic acids is 1. The first-order valence-corrected chi connectivity index (χ1v) is 10.7. The van der Waals surface area contributed by atoms with E-state index in [1.807, 2.05) is 11.0 Å². The highest BCUT2D eigenvalue weighted by Crippen LogP contribution is 2.25. The molecule has 166 valence electrons. The Bertz CT molecular complexity index is 1410. The molecule has 33 heavy (non-hydrogen) atoms. The van der Waals surface area contributed by atoms with Crippen molar-refractivity contribution in [2.45, 2.75) is 25.3 Å². The number of hydrogen-bond donors (Lipinski definition) is 2. The molecule has 2 aromatic carbocycles. The summed E-state index contributed by atoms with van der Waals surface area (Å²) in [7, 11) is 0. The van der Waals surface area contributed by atoms with Crippen LogP contribution in [0.3, 0.4) is 0 Å². The van der Waals surface area contributed by atoms with E-state index in [1.165, 1.54) is 6.07 Å². The predicted molar refractivity (Wildman–Crippen MR) is 120 cm³/mol. The standard InChI is InChI=1S/C24H20F2N6O/c25-18-8-15-7-16(11-27)23(31-21(15)10-19(18)26)28-12-17-3-1-2-6-32(17)24(33)14-4-5-20-22(9-14)30-13-29-20/h4-5,7-10,13,17H,1-3,6,12H2,(H,28,31)(H,29,30)/t17-/m0/s1. The van der Waals surface area contributed by atoms with Gasteiger partial charge in [0.15, 0.2) is 11.6 Å². The highest BCUT2D eigenvalue weighted by Gasteiger charge is 2.28. The molecule has 4 aromatic rings. The van der Waals surface area contributed by atoms with Gasteiger partial charge in [-0.15, -0.1) is 0 Å². The van der Waals surface area contributed by atoms with E-state index in [2.05, 4.69) is 26.3 Å². The Balaban J connectivity index is 1.38. The van der Waals surface area contributed by atoms with Crippen molar-refractivity contribution < 1.29 is 13.6 Å². The van der Waals surface area contributed by atoms with Crippen LogP contribution in [0.1, 0.15) is 35.2 Å². The van der Waals surface area contributed by atoms with Crippen molar-refractivity contribution in [1.82, 2.24) is 19.9 Å². The zero-order valence-corrected chi connectivity index (χ0v) is 17.6. The van der Waals surface area contributed by atoms with Gasteiger partial charge in [0.05, 0.1) is 28.4 Å². The fraction of sp³-hybridized carbons (Fsp3) is 0.250. The van der Waals surface area contributed by atoms with Crippen molar-refractivity contribution >= 4 is 33.7 Å². The number of benzene rings is 2. The second-order valence-electron chi connectivity index (χ2n) is 8.12. The molecule has 1 aliphatic heterocycles. The Morgan fingerprint density at radius 2 is 2.03 bits per heavy atom. The molecule has 9 heteroatoms. The largest absolute Gasteiger partial charge is 0.367 e. The molecule has 0 radical (unpaired) electrons. The summed E-state index contributed by atoms with van der Waals surface area (Å²) in [5.74, 6) is -1.77. The van der Waals surface area contributed by atoms with Crippen LogP contribution in [0.15, 0.2) is 42.7 Å². The SMILES string of the molecule is N#Cc1cc2cc(F)c(F)cc2nc1NC[C@@H]1CCCCN1C(=O)c1ccc2[nH]cnc2c1. The van der Waals surface area contributed by atoms with Gasteiger partial charge in [0.25, 0.3) is 5.91 Å². The maximum absolute atomic E-state index is 13.7. The van der Waals surface area contributed by atoms with E-state index in [-0.39, 0.29) is 28.8 Å². The lowest BCUT2D eigenvalue weighted by Gasteiger charge is -2.36. The molecule has 0 bridgehead atoms. The first-order valence-electron chi connectivity index (χ1n) is 10.7. The number of anilines is 1. The molecule has 2 N–H and O–H groups in total. The first-order chi connectivity index (χ1) is 16.0. The van der Waals surface area contributed by atoms with E-state index >= 15 is 0 Å². The second kappa shape index (κ2) is 8.47. The van der Waals surface area contributed by atoms with Crippen molar-refractivity contribution in [1.29, 1.82) is 5.26 Å². The topological polar surface area (TPSA) is 97.7 Å². The molecular weight excluding hydrogens is 426 g/mol. The predicted octanol–water partition coefficient (Wildman–Crippen LogP) is 4.37. The molecular formula is C24H20F2N6O. The molecule has 1 amide bonds. The number of halogens is 2. The molecule has 1 saturated heterocycles. The number of piperidine rings is 1. The van der Waals surface area contributed by atoms with Crippen LogP contribution in [-0.4, -0.2) is 44.9 Å². The lowest BCUT2D eigenvalue weighted by atomic mass is 10.0. The lowest BCUT2D eigenvalue weighted by molar-refractivity contribution is 0.0628. The molecule has 0 unspecified atom stereocenters. The van der Waals surface area contributed by atoms with Gasteiger partial charge in [-0.05, 0) is 49.6 Å². The second-order valence-corrected chi connectivity index (χ2v) is 8.12. The van der Waals surface area contributed by atoms with Gasteiger partial charge >= 0.3 is 0 Å². The zero-order valence-electron chi connectivity index (χ0n) is 17.6. The summed E-state index contributed by atoms with van der Waals surface area (Å²) in [6.45, 7) is 1.01. The molecule has 3 heterocycles. The molecule has 0 spiro atoms. The minimum Gasteiger partial charge on any atom is -0.367 e. The average molecular weight is 446 g/mol. The quantitative estimate of drug-likeness (QED) is 0.485. The van der Waals surface area contributed by atoms with Crippen LogP contribution in [0.2, 0.25) is 0 Å². The number of nitrogens with one attached hydrogen (secondary N) is 2. The van der Waals surface area contributed by atoms with Gasteiger partial charge in [-0.25, -0.2) is 18.7 Å². The summed E-state index contributed by atoms with van der Waals surface area (Å²) in [5.41, 5.74) is 2.65. The number of H-pyrrole nitrogens is 1. The first kappa shape index (κ1) is 20.8. The van der Waals surface area contributed by atoms with Gasteiger partial charge in [-0.2, -0.15) is 5.26 Å². The van der Waals surface area contributed by atoms with E-state index in [0.29, 0.717) is 24.0 Å². The number of pyridine rings is 1. The third-order valence-corrected chi connectivity index (χ3v) is 6.04. The van der Waals surface area contributed by atoms with Crippen LogP contribution in [0, 0.1) is 23.0 Å². The lowest BCUT2D eigenvalue weighted by Crippen LogP contribution is -2.47. The third-order valence-electron chi connectivity index (χ3n) is 6.04. The summed E-state index contributed by atoms with van der Waals surface area (Å²) in [5, 5.41) is 13.0. The van der Waals surface area contributed by atoms with Gasteiger partial charge in [0.1, 0.15) is 11.9 Å². The van der Waals surface area contributed by atoms with Gasteiger partial charge < -0.3 is 15.2 Å². The van der Waals surface area contributed by atoms with Crippen LogP contribution in [0.4, 0.5) is 14.6 Å². The van der Waals surface area contributed by atoms with Crippen molar-refractivity contribution in [2.24, 2.45) is 0 Å². The molecule has 1 aliphatic rings. The normalized spacial score (nSPS) is 16.2. The van der Waals surface area contributed by atoms with Crippen LogP contribution < -0.4 is 5.32 Å². The Morgan fingerprint density at radius 3 is 2.88 bits per heavy atom. The monoisotopic (exact) mass is 446 g/mol. The summed E-state index contributed by atoms with van der Waals surface area (Å²) >= 11 is 0. The van der Waals surface area contributed by atoms with Crippen LogP contribution in [0.25, 0.3) is 21.9 Å². The van der Waals surface area contributed by atoms with E-state index in [1.54, 1.807) is 18.5 Å². The maximum atomic E-state index is 13.7. The molecule has 1 fully saturated rings. The number of imidazole rings is 1. The number of aromatic nitrogens is 3. The number of aromatic amines is 1. The van der Waals surface area contributed by atoms with Gasteiger partial charge in [0, 0.05) is 36.1 Å². The smallest absolute Gasteiger partial charge is 0.254 e. The van der Waals surface area contributed by atoms with E-state index in [4.69, 9.17) is 0 Å². The van der Waals surface area contributed by atoms with E-state index < -0.39 is 11.6 Å². The third kappa shape index (κ3) is 3.96. The molecule has 5 rings (SSSR count). The molecule has 0 aliphatic carbocycles. The fourth-order valence-corrected chi connectivity index (χ4v) is 4.31. The van der Waals surface area contributed by atoms with Gasteiger partial charge in [-0.3, -0.25) is 4.79 Å². The Hall–Kier alpha value is -4.06. The van der Waals surface area contributed by atoms with Crippen molar-refractivity contribution in [3.05, 3.63) is 65.5 Å². The number of fused-ring (bicyclic) bond motifs is 2. The van der Waals surface area contributed by atoms with Gasteiger partial charge in [0.2, 0.25) is 0 Å². The summed E-state index contributed by atoms with van der Waals surface area (Å²) in [6, 6.07) is 10.9. The summed E-state index contributed by atoms with van der Waals surface area (Å²) in [4.78, 5) is 26.7. The van der Waals surface area contributed by atoms with Gasteiger partial charge in [-0.1, -0.05) is 0 Å². The Kier molecular flexibility index (Phi) is 5.34. The number of likely N-dealkylation sites (tertiary alicyclic amines) is 1. The molecule has 7 nitrogen and oxygen atoms in total. The molecule has 0 saturated carbocycles. The number of nitrogens with zero attached hydrogens (tertiary/aromatic N) is 4. The van der Waals surface area contributed by atoms with Crippen molar-refractivity contribution in [2.75, 3.05) is 18.4 Å². The van der Waals surface area contributed by atoms with Crippen molar-refractivity contribution in [3.8, 4) is 6.07 Å². The number of carbonyl (C=O) groups is 1. The van der Waals surface area contributed by atoms with Crippen molar-refractivity contribution in [3.63, 3.8) is 0 Å². The van der Waals surface area contributed by atoms with Crippen LogP contribution >= 0.6 is 0 Å². The Morgan fingerprint density at radius 1 is 1.18 bits per heavy atom. The average Bonchev–Trinajstić information content (AvgIpc) is 3.31. The highest BCUT2D eigenvalue weighted by molar-refractivity contribution is 5.97. The minimum absolute atomic E-state index is 0.0732. The number of rotatable bonds is 4. The molecule has 2 aromatic heterocycles. The van der Waals surface area contributed by atoms with Crippen LogP contribution in [0.5, 0.6) is 0 Å². The number of nitriles is 1. The minimum atomic E-state index is -0.997. The summed E-state index contributed by atoms with van der Waals surface area (Å²) in [6.07, 6.45) is 4.29. The summed E-state index contributed by atoms with van der Waals surface area (Å²) < 4.78 is 27.2. The highest BCUT2D eigenvalue weighted by atomic mass is 19.2.